The highest BCUT2D eigenvalue weighted by Crippen LogP contribution is 2.12. The molecule has 0 saturated heterocycles. The van der Waals surface area contributed by atoms with Crippen LogP contribution < -0.4 is 5.32 Å². The lowest BCUT2D eigenvalue weighted by Crippen LogP contribution is -2.12. The first-order chi connectivity index (χ1) is 7.81. The largest absolute Gasteiger partial charge is 0.390 e. The Balaban J connectivity index is 2.04. The Kier molecular flexibility index (Phi) is 3.23. The zero-order valence-corrected chi connectivity index (χ0v) is 9.73. The Morgan fingerprint density at radius 2 is 2.50 bits per heavy atom. The van der Waals surface area contributed by atoms with Crippen LogP contribution in [0.4, 0.5) is 5.82 Å². The molecule has 11 heteroatoms. The van der Waals surface area contributed by atoms with E-state index in [2.05, 4.69) is 38.9 Å². The van der Waals surface area contributed by atoms with Crippen molar-refractivity contribution in [2.45, 2.75) is 6.67 Å². The molecule has 0 radical (unpaired) electrons. The van der Waals surface area contributed by atoms with Crippen molar-refractivity contribution in [3.8, 4) is 0 Å². The van der Waals surface area contributed by atoms with E-state index in [0.717, 1.165) is 0 Å². The first-order valence-electron chi connectivity index (χ1n) is 3.91. The SMILES string of the molecule is O=C(OI)c1nonc1NCn1cnnn1. The zero-order chi connectivity index (χ0) is 11.4. The minimum Gasteiger partial charge on any atom is -0.390 e. The predicted molar refractivity (Wildman–Crippen MR) is 55.2 cm³/mol. The van der Waals surface area contributed by atoms with E-state index in [1.165, 1.54) is 34.0 Å². The Bertz CT molecular complexity index is 468. The molecule has 2 rings (SSSR count). The van der Waals surface area contributed by atoms with Crippen LogP contribution in [0.25, 0.3) is 0 Å². The molecule has 16 heavy (non-hydrogen) atoms. The fraction of sp³-hybridized carbons (Fsp3) is 0.200. The molecule has 0 aromatic carbocycles. The van der Waals surface area contributed by atoms with Crippen LogP contribution >= 0.6 is 23.0 Å². The molecule has 0 spiro atoms. The van der Waals surface area contributed by atoms with Gasteiger partial charge in [0.25, 0.3) is 0 Å². The summed E-state index contributed by atoms with van der Waals surface area (Å²) < 4.78 is 10.3. The number of tetrazole rings is 1. The number of halogens is 1. The Morgan fingerprint density at radius 3 is 3.19 bits per heavy atom. The van der Waals surface area contributed by atoms with Crippen molar-refractivity contribution in [1.29, 1.82) is 0 Å². The highest BCUT2D eigenvalue weighted by molar-refractivity contribution is 14.1. The van der Waals surface area contributed by atoms with Crippen LogP contribution in [0.3, 0.4) is 0 Å². The second kappa shape index (κ2) is 4.82. The summed E-state index contributed by atoms with van der Waals surface area (Å²) >= 11 is 1.45. The summed E-state index contributed by atoms with van der Waals surface area (Å²) in [6.45, 7) is 0.225. The van der Waals surface area contributed by atoms with Gasteiger partial charge in [-0.05, 0) is 20.7 Å². The Labute approximate surface area is 102 Å². The molecule has 1 N–H and O–H groups in total. The quantitative estimate of drug-likeness (QED) is 0.745. The van der Waals surface area contributed by atoms with Gasteiger partial charge in [0.05, 0.1) is 0 Å². The van der Waals surface area contributed by atoms with Crippen LogP contribution in [0.15, 0.2) is 11.0 Å². The van der Waals surface area contributed by atoms with Crippen molar-refractivity contribution >= 4 is 34.8 Å². The van der Waals surface area contributed by atoms with Crippen molar-refractivity contribution < 1.29 is 12.5 Å². The second-order valence-electron chi connectivity index (χ2n) is 2.51. The van der Waals surface area contributed by atoms with Gasteiger partial charge in [-0.15, -0.1) is 5.10 Å². The van der Waals surface area contributed by atoms with Crippen molar-refractivity contribution in [3.05, 3.63) is 12.0 Å². The highest BCUT2D eigenvalue weighted by atomic mass is 127. The molecular formula is C5H4IN7O3. The summed E-state index contributed by atoms with van der Waals surface area (Å²) in [7, 11) is 0. The molecular weight excluding hydrogens is 333 g/mol. The van der Waals surface area contributed by atoms with Crippen LogP contribution in [0.5, 0.6) is 0 Å². The monoisotopic (exact) mass is 337 g/mol. The van der Waals surface area contributed by atoms with Gasteiger partial charge in [-0.1, -0.05) is 0 Å². The van der Waals surface area contributed by atoms with Crippen molar-refractivity contribution in [3.63, 3.8) is 0 Å². The third kappa shape index (κ3) is 2.23. The fourth-order valence-corrected chi connectivity index (χ4v) is 1.09. The maximum atomic E-state index is 11.2. The lowest BCUT2D eigenvalue weighted by molar-refractivity contribution is 0.0789. The molecule has 0 atom stereocenters. The third-order valence-electron chi connectivity index (χ3n) is 1.55. The minimum absolute atomic E-state index is 0.0394. The smallest absolute Gasteiger partial charge is 0.373 e. The lowest BCUT2D eigenvalue weighted by Gasteiger charge is -2.00. The van der Waals surface area contributed by atoms with Gasteiger partial charge >= 0.3 is 5.97 Å². The van der Waals surface area contributed by atoms with Gasteiger partial charge in [-0.25, -0.2) is 14.1 Å². The number of rotatable bonds is 4. The lowest BCUT2D eigenvalue weighted by atomic mass is 10.4. The number of carbonyl (C=O) groups excluding carboxylic acids is 1. The van der Waals surface area contributed by atoms with Crippen molar-refractivity contribution in [2.24, 2.45) is 0 Å². The molecule has 0 amide bonds. The number of carbonyl (C=O) groups is 1. The normalized spacial score (nSPS) is 10.1. The van der Waals surface area contributed by atoms with Crippen LogP contribution in [-0.2, 0) is 9.74 Å². The number of anilines is 1. The number of nitrogens with zero attached hydrogens (tertiary/aromatic N) is 6. The standard InChI is InChI=1S/C5H4IN7O3/c6-15-5(14)3-4(10-16-9-3)7-1-13-2-8-11-12-13/h2H,1H2,(H,7,10). The number of aromatic nitrogens is 6. The molecule has 2 aromatic rings. The maximum absolute atomic E-state index is 11.2. The molecule has 84 valence electrons. The first-order valence-corrected chi connectivity index (χ1v) is 4.79. The van der Waals surface area contributed by atoms with E-state index in [-0.39, 0.29) is 18.2 Å². The number of hydrogen-bond acceptors (Lipinski definition) is 9. The Morgan fingerprint density at radius 1 is 1.62 bits per heavy atom. The van der Waals surface area contributed by atoms with E-state index in [0.29, 0.717) is 0 Å². The van der Waals surface area contributed by atoms with Gasteiger partial charge in [0.1, 0.15) is 13.0 Å². The molecule has 0 fully saturated rings. The van der Waals surface area contributed by atoms with Gasteiger partial charge in [0.15, 0.2) is 23.0 Å². The maximum Gasteiger partial charge on any atom is 0.373 e. The number of nitrogens with one attached hydrogen (secondary N) is 1. The topological polar surface area (TPSA) is 121 Å². The average molecular weight is 337 g/mol. The summed E-state index contributed by atoms with van der Waals surface area (Å²) in [5.74, 6) is -0.488. The molecule has 2 heterocycles. The molecule has 0 aliphatic rings. The molecule has 0 unspecified atom stereocenters. The summed E-state index contributed by atoms with van der Waals surface area (Å²) in [5, 5.41) is 20.1. The molecule has 0 aliphatic heterocycles. The molecule has 10 nitrogen and oxygen atoms in total. The van der Waals surface area contributed by atoms with Crippen LogP contribution in [0, 0.1) is 0 Å². The number of hydrogen-bond donors (Lipinski definition) is 1. The highest BCUT2D eigenvalue weighted by Gasteiger charge is 2.19. The van der Waals surface area contributed by atoms with E-state index in [1.807, 2.05) is 0 Å². The summed E-state index contributed by atoms with van der Waals surface area (Å²) in [6.07, 6.45) is 1.40. The summed E-state index contributed by atoms with van der Waals surface area (Å²) in [4.78, 5) is 11.2. The summed E-state index contributed by atoms with van der Waals surface area (Å²) in [5.41, 5.74) is -0.0394. The van der Waals surface area contributed by atoms with Gasteiger partial charge in [0, 0.05) is 0 Å². The average Bonchev–Trinajstić information content (AvgIpc) is 2.96. The van der Waals surface area contributed by atoms with E-state index in [4.69, 9.17) is 0 Å². The van der Waals surface area contributed by atoms with E-state index >= 15 is 0 Å². The van der Waals surface area contributed by atoms with Gasteiger partial charge < -0.3 is 8.38 Å². The van der Waals surface area contributed by atoms with E-state index in [1.54, 1.807) is 0 Å². The Hall–Kier alpha value is -1.79. The van der Waals surface area contributed by atoms with Crippen molar-refractivity contribution in [2.75, 3.05) is 5.32 Å². The van der Waals surface area contributed by atoms with Gasteiger partial charge in [-0.2, -0.15) is 0 Å². The van der Waals surface area contributed by atoms with Crippen LogP contribution in [0.1, 0.15) is 10.5 Å². The molecule has 0 saturated carbocycles. The molecule has 0 aliphatic carbocycles. The van der Waals surface area contributed by atoms with Crippen LogP contribution in [-0.4, -0.2) is 36.5 Å². The fourth-order valence-electron chi connectivity index (χ4n) is 0.884. The predicted octanol–water partition coefficient (Wildman–Crippen LogP) is -0.368. The van der Waals surface area contributed by atoms with Crippen LogP contribution in [0.2, 0.25) is 0 Å². The van der Waals surface area contributed by atoms with Gasteiger partial charge in [-0.3, -0.25) is 0 Å². The summed E-state index contributed by atoms with van der Waals surface area (Å²) in [6, 6.07) is 0. The second-order valence-corrected chi connectivity index (χ2v) is 2.95. The zero-order valence-electron chi connectivity index (χ0n) is 7.57. The van der Waals surface area contributed by atoms with Gasteiger partial charge in [0.2, 0.25) is 11.5 Å². The van der Waals surface area contributed by atoms with E-state index in [9.17, 15) is 4.79 Å². The molecule has 2 aromatic heterocycles. The first kappa shape index (κ1) is 10.7. The molecule has 0 bridgehead atoms. The minimum atomic E-state index is -0.652. The van der Waals surface area contributed by atoms with E-state index < -0.39 is 5.97 Å². The third-order valence-corrected chi connectivity index (χ3v) is 1.95. The van der Waals surface area contributed by atoms with Crippen molar-refractivity contribution in [1.82, 2.24) is 30.5 Å².